The molecular weight excluding hydrogens is 182 g/mol. The van der Waals surface area contributed by atoms with E-state index in [4.69, 9.17) is 0 Å². The average Bonchev–Trinajstić information content (AvgIpc) is 2.27. The topological polar surface area (TPSA) is 3.24 Å². The van der Waals surface area contributed by atoms with E-state index >= 15 is 0 Å². The number of hydrogen-bond acceptors (Lipinski definition) is 1. The molecule has 86 valence electrons. The van der Waals surface area contributed by atoms with Gasteiger partial charge in [-0.15, -0.1) is 0 Å². The number of piperidine rings is 1. The molecule has 0 radical (unpaired) electrons. The van der Waals surface area contributed by atoms with Crippen molar-refractivity contribution in [3.63, 3.8) is 0 Å². The molecule has 0 N–H and O–H groups in total. The lowest BCUT2D eigenvalue weighted by Crippen LogP contribution is -2.34. The first-order valence-electron chi connectivity index (χ1n) is 6.29. The Morgan fingerprint density at radius 3 is 2.53 bits per heavy atom. The molecule has 1 fully saturated rings. The molecule has 0 aliphatic carbocycles. The van der Waals surface area contributed by atoms with Gasteiger partial charge in [0.25, 0.3) is 0 Å². The van der Waals surface area contributed by atoms with Gasteiger partial charge in [-0.05, 0) is 45.2 Å². The van der Waals surface area contributed by atoms with Gasteiger partial charge in [0, 0.05) is 6.54 Å². The van der Waals surface area contributed by atoms with Crippen LogP contribution in [0.3, 0.4) is 0 Å². The smallest absolute Gasteiger partial charge is 0.0195 e. The van der Waals surface area contributed by atoms with E-state index in [0.29, 0.717) is 0 Å². The lowest BCUT2D eigenvalue weighted by Gasteiger charge is -2.30. The van der Waals surface area contributed by atoms with E-state index in [1.165, 1.54) is 38.9 Å². The molecule has 1 nitrogen and oxygen atoms in total. The van der Waals surface area contributed by atoms with Crippen LogP contribution >= 0.6 is 0 Å². The van der Waals surface area contributed by atoms with Crippen LogP contribution in [0.1, 0.15) is 40.0 Å². The fraction of sp³-hybridized carbons (Fsp3) is 0.714. The van der Waals surface area contributed by atoms with Gasteiger partial charge in [-0.2, -0.15) is 0 Å². The summed E-state index contributed by atoms with van der Waals surface area (Å²) in [5.74, 6) is 0.936. The molecule has 1 aliphatic rings. The van der Waals surface area contributed by atoms with Gasteiger partial charge >= 0.3 is 0 Å². The number of nitrogens with zero attached hydrogens (tertiary/aromatic N) is 1. The minimum Gasteiger partial charge on any atom is -0.299 e. The summed E-state index contributed by atoms with van der Waals surface area (Å²) >= 11 is 0. The summed E-state index contributed by atoms with van der Waals surface area (Å²) in [6.07, 6.45) is 10.5. The molecule has 0 spiro atoms. The molecule has 0 unspecified atom stereocenters. The third kappa shape index (κ3) is 4.65. The summed E-state index contributed by atoms with van der Waals surface area (Å²) in [5.41, 5.74) is 1.56. The highest BCUT2D eigenvalue weighted by Gasteiger charge is 2.15. The summed E-state index contributed by atoms with van der Waals surface area (Å²) in [5, 5.41) is 0. The quantitative estimate of drug-likeness (QED) is 0.636. The predicted molar refractivity (Wildman–Crippen MR) is 68.0 cm³/mol. The van der Waals surface area contributed by atoms with E-state index in [-0.39, 0.29) is 0 Å². The number of allylic oxidation sites excluding steroid dienone is 3. The van der Waals surface area contributed by atoms with E-state index in [2.05, 4.69) is 43.9 Å². The molecule has 1 saturated heterocycles. The molecule has 0 bridgehead atoms. The Labute approximate surface area is 94.9 Å². The molecule has 0 aromatic carbocycles. The molecule has 0 aromatic rings. The van der Waals surface area contributed by atoms with E-state index in [9.17, 15) is 0 Å². The normalized spacial score (nSPS) is 21.4. The van der Waals surface area contributed by atoms with Gasteiger partial charge in [0.2, 0.25) is 0 Å². The third-order valence-electron chi connectivity index (χ3n) is 3.28. The second-order valence-corrected chi connectivity index (χ2v) is 4.66. The van der Waals surface area contributed by atoms with Crippen LogP contribution in [0, 0.1) is 5.92 Å². The summed E-state index contributed by atoms with van der Waals surface area (Å²) < 4.78 is 0. The first kappa shape index (κ1) is 12.5. The maximum absolute atomic E-state index is 2.60. The third-order valence-corrected chi connectivity index (χ3v) is 3.28. The second kappa shape index (κ2) is 6.84. The molecule has 0 amide bonds. The van der Waals surface area contributed by atoms with Gasteiger partial charge < -0.3 is 0 Å². The minimum atomic E-state index is 0.936. The van der Waals surface area contributed by atoms with E-state index in [1.807, 2.05) is 0 Å². The van der Waals surface area contributed by atoms with Crippen molar-refractivity contribution in [3.05, 3.63) is 23.8 Å². The van der Waals surface area contributed by atoms with Gasteiger partial charge in [-0.1, -0.05) is 37.6 Å². The van der Waals surface area contributed by atoms with Gasteiger partial charge in [-0.3, -0.25) is 4.90 Å². The molecule has 1 aliphatic heterocycles. The number of hydrogen-bond donors (Lipinski definition) is 0. The Kier molecular flexibility index (Phi) is 5.70. The van der Waals surface area contributed by atoms with Crippen LogP contribution in [-0.2, 0) is 0 Å². The highest BCUT2D eigenvalue weighted by Crippen LogP contribution is 2.17. The summed E-state index contributed by atoms with van der Waals surface area (Å²) in [6.45, 7) is 10.4. The highest BCUT2D eigenvalue weighted by atomic mass is 15.1. The Balaban J connectivity index is 2.38. The van der Waals surface area contributed by atoms with Gasteiger partial charge in [0.1, 0.15) is 0 Å². The van der Waals surface area contributed by atoms with Crippen molar-refractivity contribution in [1.82, 2.24) is 4.90 Å². The fourth-order valence-electron chi connectivity index (χ4n) is 2.02. The van der Waals surface area contributed by atoms with Crippen molar-refractivity contribution in [3.8, 4) is 0 Å². The van der Waals surface area contributed by atoms with Crippen molar-refractivity contribution in [2.24, 2.45) is 5.92 Å². The fourth-order valence-corrected chi connectivity index (χ4v) is 2.02. The van der Waals surface area contributed by atoms with Crippen LogP contribution in [-0.4, -0.2) is 24.5 Å². The van der Waals surface area contributed by atoms with Crippen LogP contribution in [0.4, 0.5) is 0 Å². The summed E-state index contributed by atoms with van der Waals surface area (Å²) in [7, 11) is 0. The van der Waals surface area contributed by atoms with Gasteiger partial charge in [-0.25, -0.2) is 0 Å². The zero-order chi connectivity index (χ0) is 11.1. The van der Waals surface area contributed by atoms with Crippen molar-refractivity contribution in [1.29, 1.82) is 0 Å². The molecule has 1 heterocycles. The van der Waals surface area contributed by atoms with E-state index in [0.717, 1.165) is 5.92 Å². The maximum atomic E-state index is 2.60. The van der Waals surface area contributed by atoms with E-state index < -0.39 is 0 Å². The zero-order valence-corrected chi connectivity index (χ0v) is 10.5. The number of likely N-dealkylation sites (tertiary alicyclic amines) is 1. The number of rotatable bonds is 4. The Hall–Kier alpha value is -0.560. The zero-order valence-electron chi connectivity index (χ0n) is 10.5. The summed E-state index contributed by atoms with van der Waals surface area (Å²) in [6, 6.07) is 0. The van der Waals surface area contributed by atoms with Gasteiger partial charge in [0.05, 0.1) is 0 Å². The molecule has 1 heteroatoms. The molecule has 15 heavy (non-hydrogen) atoms. The Morgan fingerprint density at radius 2 is 2.00 bits per heavy atom. The largest absolute Gasteiger partial charge is 0.299 e. The van der Waals surface area contributed by atoms with Gasteiger partial charge in [0.15, 0.2) is 0 Å². The monoisotopic (exact) mass is 207 g/mol. The predicted octanol–water partition coefficient (Wildman–Crippen LogP) is 3.63. The van der Waals surface area contributed by atoms with Crippen LogP contribution < -0.4 is 0 Å². The first-order valence-corrected chi connectivity index (χ1v) is 6.29. The standard InChI is InChI=1S/C14H25N/c1-4-6-7-14(5-2)12-15-10-8-13(3)9-11-15/h4,6-7,13H,5,8-12H2,1-3H3/b6-4-,14-7+. The van der Waals surface area contributed by atoms with Crippen LogP contribution in [0.2, 0.25) is 0 Å². The van der Waals surface area contributed by atoms with Crippen LogP contribution in [0.5, 0.6) is 0 Å². The SMILES string of the molecule is C/C=C\C=C(/CC)CN1CCC(C)CC1. The van der Waals surface area contributed by atoms with Crippen molar-refractivity contribution >= 4 is 0 Å². The molecular formula is C14H25N. The van der Waals surface area contributed by atoms with Crippen molar-refractivity contribution < 1.29 is 0 Å². The Bertz CT molecular complexity index is 219. The van der Waals surface area contributed by atoms with Crippen molar-refractivity contribution in [2.75, 3.05) is 19.6 Å². The Morgan fingerprint density at radius 1 is 1.33 bits per heavy atom. The first-order chi connectivity index (χ1) is 7.26. The van der Waals surface area contributed by atoms with Crippen LogP contribution in [0.15, 0.2) is 23.8 Å². The maximum Gasteiger partial charge on any atom is 0.0195 e. The average molecular weight is 207 g/mol. The lowest BCUT2D eigenvalue weighted by atomic mass is 9.98. The van der Waals surface area contributed by atoms with E-state index in [1.54, 1.807) is 5.57 Å². The van der Waals surface area contributed by atoms with Crippen LogP contribution in [0.25, 0.3) is 0 Å². The lowest BCUT2D eigenvalue weighted by molar-refractivity contribution is 0.205. The second-order valence-electron chi connectivity index (χ2n) is 4.66. The molecule has 0 aromatic heterocycles. The molecule has 0 saturated carbocycles. The summed E-state index contributed by atoms with van der Waals surface area (Å²) in [4.78, 5) is 2.60. The minimum absolute atomic E-state index is 0.936. The van der Waals surface area contributed by atoms with Crippen molar-refractivity contribution in [2.45, 2.75) is 40.0 Å². The molecule has 1 rings (SSSR count). The highest BCUT2D eigenvalue weighted by molar-refractivity contribution is 5.13. The molecule has 0 atom stereocenters.